The van der Waals surface area contributed by atoms with E-state index in [-0.39, 0.29) is 10.7 Å². The van der Waals surface area contributed by atoms with Crippen molar-refractivity contribution < 1.29 is 4.79 Å². The van der Waals surface area contributed by atoms with Crippen molar-refractivity contribution in [2.75, 3.05) is 0 Å². The Morgan fingerprint density at radius 1 is 1.11 bits per heavy atom. The number of ketones is 1. The molecule has 4 fully saturated rings. The third-order valence-corrected chi connectivity index (χ3v) is 8.12. The minimum atomic E-state index is -0.0746. The summed E-state index contributed by atoms with van der Waals surface area (Å²) in [7, 11) is 1.97. The van der Waals surface area contributed by atoms with Crippen LogP contribution in [0.1, 0.15) is 45.4 Å². The maximum absolute atomic E-state index is 13.5. The van der Waals surface area contributed by atoms with Crippen molar-refractivity contribution in [2.45, 2.75) is 55.9 Å². The first-order valence-corrected chi connectivity index (χ1v) is 10.9. The van der Waals surface area contributed by atoms with Gasteiger partial charge in [-0.2, -0.15) is 0 Å². The van der Waals surface area contributed by atoms with E-state index in [0.717, 1.165) is 53.6 Å². The van der Waals surface area contributed by atoms with Crippen LogP contribution in [0.4, 0.5) is 0 Å². The van der Waals surface area contributed by atoms with Crippen LogP contribution in [-0.2, 0) is 11.8 Å². The Morgan fingerprint density at radius 3 is 2.30 bits per heavy atom. The lowest BCUT2D eigenvalue weighted by molar-refractivity contribution is -0.142. The van der Waals surface area contributed by atoms with Crippen molar-refractivity contribution in [3.05, 3.63) is 24.5 Å². The molecule has 2 aromatic heterocycles. The minimum absolute atomic E-state index is 0.0479. The first-order chi connectivity index (χ1) is 13.0. The van der Waals surface area contributed by atoms with Gasteiger partial charge in [-0.3, -0.25) is 9.78 Å². The number of Topliss-reactive ketones (excluding diaryl/α,β-unsaturated/α-hetero) is 1. The molecular formula is C21H26N4OS. The van der Waals surface area contributed by atoms with Crippen molar-refractivity contribution in [1.82, 2.24) is 19.7 Å². The van der Waals surface area contributed by atoms with E-state index in [4.69, 9.17) is 0 Å². The summed E-state index contributed by atoms with van der Waals surface area (Å²) in [5, 5.41) is 9.45. The zero-order chi connectivity index (χ0) is 18.6. The standard InChI is InChI=1S/C21H26N4OS/c1-13(18(26)21-10-14-7-15(11-21)9-16(8-14)12-21)27-20-24-23-19(25(20)2)17-3-5-22-6-4-17/h3-6,13-16H,7-12H2,1-2H3/t13-,14?,15?,16?,21?/m0/s1. The molecule has 0 radical (unpaired) electrons. The van der Waals surface area contributed by atoms with E-state index in [2.05, 4.69) is 22.1 Å². The molecule has 6 rings (SSSR count). The average Bonchev–Trinajstić information content (AvgIpc) is 3.01. The van der Waals surface area contributed by atoms with Crippen LogP contribution < -0.4 is 0 Å². The Labute approximate surface area is 164 Å². The Morgan fingerprint density at radius 2 is 1.70 bits per heavy atom. The fourth-order valence-corrected chi connectivity index (χ4v) is 7.23. The van der Waals surface area contributed by atoms with Gasteiger partial charge in [0.25, 0.3) is 0 Å². The average molecular weight is 383 g/mol. The maximum atomic E-state index is 13.5. The molecule has 142 valence electrons. The third kappa shape index (κ3) is 2.93. The predicted molar refractivity (Wildman–Crippen MR) is 105 cm³/mol. The molecular weight excluding hydrogens is 356 g/mol. The molecule has 5 nitrogen and oxygen atoms in total. The fraction of sp³-hybridized carbons (Fsp3) is 0.619. The molecule has 27 heavy (non-hydrogen) atoms. The van der Waals surface area contributed by atoms with Crippen molar-refractivity contribution in [2.24, 2.45) is 30.2 Å². The molecule has 4 aliphatic rings. The fourth-order valence-electron chi connectivity index (χ4n) is 6.23. The van der Waals surface area contributed by atoms with E-state index in [1.807, 2.05) is 23.7 Å². The molecule has 4 saturated carbocycles. The minimum Gasteiger partial charge on any atom is -0.305 e. The molecule has 2 heterocycles. The molecule has 1 atom stereocenters. The molecule has 0 unspecified atom stereocenters. The molecule has 0 aromatic carbocycles. The summed E-state index contributed by atoms with van der Waals surface area (Å²) in [4.78, 5) is 17.6. The van der Waals surface area contributed by atoms with E-state index >= 15 is 0 Å². The maximum Gasteiger partial charge on any atom is 0.191 e. The number of carbonyl (C=O) groups is 1. The summed E-state index contributed by atoms with van der Waals surface area (Å²) >= 11 is 1.57. The van der Waals surface area contributed by atoms with Crippen LogP contribution in [0, 0.1) is 23.2 Å². The number of hydrogen-bond donors (Lipinski definition) is 0. The van der Waals surface area contributed by atoms with Crippen LogP contribution in [0.5, 0.6) is 0 Å². The normalized spacial score (nSPS) is 32.6. The second kappa shape index (κ2) is 6.43. The number of pyridine rings is 1. The summed E-state index contributed by atoms with van der Waals surface area (Å²) in [6.07, 6.45) is 11.0. The summed E-state index contributed by atoms with van der Waals surface area (Å²) < 4.78 is 1.99. The zero-order valence-corrected chi connectivity index (χ0v) is 16.8. The second-order valence-corrected chi connectivity index (χ2v) is 10.2. The molecule has 0 amide bonds. The lowest BCUT2D eigenvalue weighted by atomic mass is 9.48. The highest BCUT2D eigenvalue weighted by Crippen LogP contribution is 2.61. The van der Waals surface area contributed by atoms with Crippen LogP contribution in [0.2, 0.25) is 0 Å². The van der Waals surface area contributed by atoms with Crippen molar-refractivity contribution in [3.8, 4) is 11.4 Å². The number of hydrogen-bond acceptors (Lipinski definition) is 5. The monoisotopic (exact) mass is 382 g/mol. The van der Waals surface area contributed by atoms with E-state index in [9.17, 15) is 4.79 Å². The molecule has 4 aliphatic carbocycles. The molecule has 4 bridgehead atoms. The van der Waals surface area contributed by atoms with Crippen LogP contribution in [0.25, 0.3) is 11.4 Å². The van der Waals surface area contributed by atoms with Gasteiger partial charge in [-0.05, 0) is 75.3 Å². The largest absolute Gasteiger partial charge is 0.305 e. The summed E-state index contributed by atoms with van der Waals surface area (Å²) in [5.41, 5.74) is 0.945. The van der Waals surface area contributed by atoms with Crippen LogP contribution in [0.3, 0.4) is 0 Å². The second-order valence-electron chi connectivity index (χ2n) is 8.92. The predicted octanol–water partition coefficient (Wildman–Crippen LogP) is 4.14. The number of nitrogens with zero attached hydrogens (tertiary/aromatic N) is 4. The van der Waals surface area contributed by atoms with Gasteiger partial charge in [0.1, 0.15) is 0 Å². The van der Waals surface area contributed by atoms with Gasteiger partial charge in [-0.1, -0.05) is 11.8 Å². The molecule has 0 spiro atoms. The first kappa shape index (κ1) is 17.4. The molecule has 2 aromatic rings. The van der Waals surface area contributed by atoms with Crippen molar-refractivity contribution >= 4 is 17.5 Å². The highest BCUT2D eigenvalue weighted by atomic mass is 32.2. The molecule has 6 heteroatoms. The first-order valence-electron chi connectivity index (χ1n) is 10.0. The van der Waals surface area contributed by atoms with Gasteiger partial charge >= 0.3 is 0 Å². The smallest absolute Gasteiger partial charge is 0.191 e. The topological polar surface area (TPSA) is 60.7 Å². The van der Waals surface area contributed by atoms with Gasteiger partial charge in [0.15, 0.2) is 16.8 Å². The van der Waals surface area contributed by atoms with Gasteiger partial charge in [0.05, 0.1) is 5.25 Å². The Balaban J connectivity index is 1.35. The van der Waals surface area contributed by atoms with Gasteiger partial charge < -0.3 is 4.57 Å². The van der Waals surface area contributed by atoms with E-state index < -0.39 is 0 Å². The summed E-state index contributed by atoms with van der Waals surface area (Å²) in [5.74, 6) is 3.66. The third-order valence-electron chi connectivity index (χ3n) is 6.99. The van der Waals surface area contributed by atoms with Crippen LogP contribution in [0.15, 0.2) is 29.7 Å². The molecule has 0 aliphatic heterocycles. The van der Waals surface area contributed by atoms with Crippen LogP contribution >= 0.6 is 11.8 Å². The number of thioether (sulfide) groups is 1. The SMILES string of the molecule is C[C@H](Sc1nnc(-c2ccncc2)n1C)C(=O)C12CC3CC(CC(C3)C1)C2. The number of aromatic nitrogens is 4. The molecule has 0 saturated heterocycles. The van der Waals surface area contributed by atoms with Gasteiger partial charge in [-0.15, -0.1) is 10.2 Å². The lowest BCUT2D eigenvalue weighted by Gasteiger charge is -2.56. The highest BCUT2D eigenvalue weighted by Gasteiger charge is 2.55. The Hall–Kier alpha value is -1.69. The van der Waals surface area contributed by atoms with E-state index in [1.165, 1.54) is 19.3 Å². The number of rotatable bonds is 5. The quantitative estimate of drug-likeness (QED) is 0.727. The van der Waals surface area contributed by atoms with E-state index in [0.29, 0.717) is 5.78 Å². The summed E-state index contributed by atoms with van der Waals surface area (Å²) in [6, 6.07) is 3.87. The van der Waals surface area contributed by atoms with Gasteiger partial charge in [0.2, 0.25) is 0 Å². The number of carbonyl (C=O) groups excluding carboxylic acids is 1. The van der Waals surface area contributed by atoms with E-state index in [1.54, 1.807) is 24.2 Å². The Kier molecular flexibility index (Phi) is 4.15. The molecule has 0 N–H and O–H groups in total. The van der Waals surface area contributed by atoms with Gasteiger partial charge in [0, 0.05) is 30.4 Å². The zero-order valence-electron chi connectivity index (χ0n) is 16.0. The van der Waals surface area contributed by atoms with Crippen molar-refractivity contribution in [3.63, 3.8) is 0 Å². The van der Waals surface area contributed by atoms with Gasteiger partial charge in [-0.25, -0.2) is 0 Å². The highest BCUT2D eigenvalue weighted by molar-refractivity contribution is 8.00. The summed E-state index contributed by atoms with van der Waals surface area (Å²) in [6.45, 7) is 2.06. The van der Waals surface area contributed by atoms with Crippen LogP contribution in [-0.4, -0.2) is 30.8 Å². The van der Waals surface area contributed by atoms with Crippen molar-refractivity contribution in [1.29, 1.82) is 0 Å². The Bertz CT molecular complexity index is 827. The lowest BCUT2D eigenvalue weighted by Crippen LogP contribution is -2.51.